The summed E-state index contributed by atoms with van der Waals surface area (Å²) in [6, 6.07) is 3.46. The van der Waals surface area contributed by atoms with Crippen LogP contribution in [0.3, 0.4) is 0 Å². The largest absolute Gasteiger partial charge is 0.462 e. The second kappa shape index (κ2) is 8.48. The van der Waals surface area contributed by atoms with Crippen molar-refractivity contribution >= 4 is 11.8 Å². The molecule has 1 aromatic rings. The Morgan fingerprint density at radius 1 is 1.53 bits per heavy atom. The van der Waals surface area contributed by atoms with Gasteiger partial charge in [0.25, 0.3) is 0 Å². The molecule has 5 nitrogen and oxygen atoms in total. The Morgan fingerprint density at radius 2 is 2.32 bits per heavy atom. The third kappa shape index (κ3) is 5.70. The van der Waals surface area contributed by atoms with Gasteiger partial charge in [0, 0.05) is 19.3 Å². The predicted octanol–water partition coefficient (Wildman–Crippen LogP) is 2.08. The van der Waals surface area contributed by atoms with Gasteiger partial charge in [-0.15, -0.1) is 0 Å². The number of nitrogens with one attached hydrogen (secondary N) is 1. The molecule has 1 rings (SSSR count). The normalized spacial score (nSPS) is 11.9. The lowest BCUT2D eigenvalue weighted by atomic mass is 10.1. The second-order valence-corrected chi connectivity index (χ2v) is 4.51. The summed E-state index contributed by atoms with van der Waals surface area (Å²) in [6.07, 6.45) is 3.46. The molecule has 1 heterocycles. The number of ether oxygens (including phenoxy) is 1. The van der Waals surface area contributed by atoms with Gasteiger partial charge in [-0.3, -0.25) is 0 Å². The Kier molecular flexibility index (Phi) is 6.89. The fourth-order valence-corrected chi connectivity index (χ4v) is 1.59. The number of pyridine rings is 1. The molecule has 0 spiro atoms. The topological polar surface area (TPSA) is 71.5 Å². The number of hydrogen-bond acceptors (Lipinski definition) is 5. The van der Waals surface area contributed by atoms with Crippen molar-refractivity contribution in [2.75, 3.05) is 25.1 Å². The number of aromatic nitrogens is 1. The van der Waals surface area contributed by atoms with E-state index < -0.39 is 0 Å². The number of hydrogen-bond donors (Lipinski definition) is 2. The molecule has 0 fully saturated rings. The zero-order valence-corrected chi connectivity index (χ0v) is 11.6. The van der Waals surface area contributed by atoms with Crippen LogP contribution in [0.5, 0.6) is 0 Å². The summed E-state index contributed by atoms with van der Waals surface area (Å²) >= 11 is 0. The van der Waals surface area contributed by atoms with Crippen LogP contribution in [0.4, 0.5) is 5.82 Å². The zero-order valence-electron chi connectivity index (χ0n) is 11.6. The lowest BCUT2D eigenvalue weighted by Gasteiger charge is -2.09. The molecular formula is C14H22N2O3. The van der Waals surface area contributed by atoms with E-state index in [1.807, 2.05) is 6.92 Å². The highest BCUT2D eigenvalue weighted by atomic mass is 16.5. The van der Waals surface area contributed by atoms with Gasteiger partial charge < -0.3 is 15.2 Å². The van der Waals surface area contributed by atoms with Crippen molar-refractivity contribution in [3.8, 4) is 0 Å². The molecular weight excluding hydrogens is 244 g/mol. The summed E-state index contributed by atoms with van der Waals surface area (Å²) in [5.41, 5.74) is 0.460. The van der Waals surface area contributed by atoms with Gasteiger partial charge in [-0.2, -0.15) is 0 Å². The molecule has 1 unspecified atom stereocenters. The van der Waals surface area contributed by atoms with Gasteiger partial charge in [0.05, 0.1) is 12.2 Å². The van der Waals surface area contributed by atoms with Gasteiger partial charge in [-0.25, -0.2) is 9.78 Å². The molecule has 19 heavy (non-hydrogen) atoms. The minimum atomic E-state index is -0.349. The number of rotatable bonds is 8. The van der Waals surface area contributed by atoms with E-state index in [-0.39, 0.29) is 12.6 Å². The summed E-state index contributed by atoms with van der Waals surface area (Å²) in [5, 5.41) is 12.1. The summed E-state index contributed by atoms with van der Waals surface area (Å²) in [4.78, 5) is 15.6. The number of carbonyl (C=O) groups excluding carboxylic acids is 1. The van der Waals surface area contributed by atoms with E-state index >= 15 is 0 Å². The van der Waals surface area contributed by atoms with Gasteiger partial charge in [-0.05, 0) is 37.8 Å². The lowest BCUT2D eigenvalue weighted by molar-refractivity contribution is 0.0526. The molecule has 5 heteroatoms. The first-order valence-corrected chi connectivity index (χ1v) is 6.65. The number of anilines is 1. The van der Waals surface area contributed by atoms with Crippen LogP contribution in [0.1, 0.15) is 37.0 Å². The number of aliphatic hydroxyl groups is 1. The van der Waals surface area contributed by atoms with E-state index in [4.69, 9.17) is 9.84 Å². The molecule has 0 bridgehead atoms. The molecule has 1 atom stereocenters. The Labute approximate surface area is 114 Å². The Morgan fingerprint density at radius 3 is 2.89 bits per heavy atom. The van der Waals surface area contributed by atoms with Crippen molar-refractivity contribution in [1.82, 2.24) is 4.98 Å². The third-order valence-electron chi connectivity index (χ3n) is 2.77. The van der Waals surface area contributed by atoms with Gasteiger partial charge in [0.15, 0.2) is 0 Å². The van der Waals surface area contributed by atoms with Crippen LogP contribution in [0.15, 0.2) is 18.3 Å². The number of aliphatic hydroxyl groups excluding tert-OH is 1. The van der Waals surface area contributed by atoms with E-state index in [1.54, 1.807) is 19.1 Å². The maximum absolute atomic E-state index is 11.4. The molecule has 0 aliphatic carbocycles. The number of esters is 1. The average Bonchev–Trinajstić information content (AvgIpc) is 2.44. The second-order valence-electron chi connectivity index (χ2n) is 4.51. The molecule has 0 amide bonds. The Hall–Kier alpha value is -1.62. The first kappa shape index (κ1) is 15.4. The summed E-state index contributed by atoms with van der Waals surface area (Å²) < 4.78 is 4.88. The number of nitrogens with zero attached hydrogens (tertiary/aromatic N) is 1. The maximum Gasteiger partial charge on any atom is 0.339 e. The molecule has 0 aliphatic rings. The van der Waals surface area contributed by atoms with E-state index in [2.05, 4.69) is 10.3 Å². The van der Waals surface area contributed by atoms with Crippen molar-refractivity contribution in [2.24, 2.45) is 5.92 Å². The quantitative estimate of drug-likeness (QED) is 0.557. The van der Waals surface area contributed by atoms with Gasteiger partial charge in [0.1, 0.15) is 5.82 Å². The first-order valence-electron chi connectivity index (χ1n) is 6.65. The summed E-state index contributed by atoms with van der Waals surface area (Å²) in [7, 11) is 0. The standard InChI is InChI=1S/C14H22N2O3/c1-3-19-14(18)12-6-7-13(16-9-12)15-8-4-5-11(2)10-17/h6-7,9,11,17H,3-5,8,10H2,1-2H3,(H,15,16). The Balaban J connectivity index is 2.34. The van der Waals surface area contributed by atoms with Crippen molar-refractivity contribution in [2.45, 2.75) is 26.7 Å². The van der Waals surface area contributed by atoms with Crippen LogP contribution in [0, 0.1) is 5.92 Å². The van der Waals surface area contributed by atoms with Crippen molar-refractivity contribution < 1.29 is 14.6 Å². The van der Waals surface area contributed by atoms with Gasteiger partial charge in [-0.1, -0.05) is 6.92 Å². The van der Waals surface area contributed by atoms with Crippen LogP contribution in [-0.2, 0) is 4.74 Å². The molecule has 0 saturated carbocycles. The highest BCUT2D eigenvalue weighted by Gasteiger charge is 2.06. The minimum absolute atomic E-state index is 0.229. The van der Waals surface area contributed by atoms with Crippen molar-refractivity contribution in [3.63, 3.8) is 0 Å². The van der Waals surface area contributed by atoms with E-state index in [1.165, 1.54) is 6.20 Å². The van der Waals surface area contributed by atoms with Crippen LogP contribution in [0.2, 0.25) is 0 Å². The summed E-state index contributed by atoms with van der Waals surface area (Å²) in [6.45, 7) is 5.19. The molecule has 1 aromatic heterocycles. The predicted molar refractivity (Wildman–Crippen MR) is 74.2 cm³/mol. The van der Waals surface area contributed by atoms with E-state index in [0.717, 1.165) is 25.2 Å². The highest BCUT2D eigenvalue weighted by molar-refractivity contribution is 5.89. The van der Waals surface area contributed by atoms with Gasteiger partial charge in [0.2, 0.25) is 0 Å². The molecule has 0 aliphatic heterocycles. The monoisotopic (exact) mass is 266 g/mol. The zero-order chi connectivity index (χ0) is 14.1. The van der Waals surface area contributed by atoms with Crippen molar-refractivity contribution in [3.05, 3.63) is 23.9 Å². The molecule has 0 saturated heterocycles. The summed E-state index contributed by atoms with van der Waals surface area (Å²) in [5.74, 6) is 0.726. The maximum atomic E-state index is 11.4. The number of carbonyl (C=O) groups is 1. The SMILES string of the molecule is CCOC(=O)c1ccc(NCCCC(C)CO)nc1. The molecule has 0 radical (unpaired) electrons. The smallest absolute Gasteiger partial charge is 0.339 e. The van der Waals surface area contributed by atoms with E-state index in [0.29, 0.717) is 18.1 Å². The molecule has 0 aromatic carbocycles. The third-order valence-corrected chi connectivity index (χ3v) is 2.77. The van der Waals surface area contributed by atoms with Crippen LogP contribution >= 0.6 is 0 Å². The Bertz CT molecular complexity index is 379. The fraction of sp³-hybridized carbons (Fsp3) is 0.571. The van der Waals surface area contributed by atoms with Crippen LogP contribution in [0.25, 0.3) is 0 Å². The fourth-order valence-electron chi connectivity index (χ4n) is 1.59. The van der Waals surface area contributed by atoms with Gasteiger partial charge >= 0.3 is 5.97 Å². The minimum Gasteiger partial charge on any atom is -0.462 e. The molecule has 106 valence electrons. The molecule has 2 N–H and O–H groups in total. The van der Waals surface area contributed by atoms with E-state index in [9.17, 15) is 4.79 Å². The lowest BCUT2D eigenvalue weighted by Crippen LogP contribution is -2.08. The van der Waals surface area contributed by atoms with Crippen LogP contribution < -0.4 is 5.32 Å². The first-order chi connectivity index (χ1) is 9.17. The van der Waals surface area contributed by atoms with Crippen molar-refractivity contribution in [1.29, 1.82) is 0 Å². The average molecular weight is 266 g/mol. The highest BCUT2D eigenvalue weighted by Crippen LogP contribution is 2.08. The van der Waals surface area contributed by atoms with Crippen LogP contribution in [-0.4, -0.2) is 35.8 Å².